The molecule has 0 radical (unpaired) electrons. The van der Waals surface area contributed by atoms with Gasteiger partial charge in [0.15, 0.2) is 11.6 Å². The Balaban J connectivity index is 1.35. The number of ether oxygens (including phenoxy) is 2. The number of aromatic nitrogens is 3. The maximum absolute atomic E-state index is 17.0. The first-order chi connectivity index (χ1) is 22.4. The number of amides is 1. The van der Waals surface area contributed by atoms with Crippen LogP contribution >= 0.6 is 11.3 Å². The van der Waals surface area contributed by atoms with E-state index in [9.17, 15) is 15.2 Å². The van der Waals surface area contributed by atoms with Gasteiger partial charge in [-0.25, -0.2) is 23.5 Å². The first-order valence-electron chi connectivity index (χ1n) is 15.7. The van der Waals surface area contributed by atoms with Gasteiger partial charge in [0.25, 0.3) is 0 Å². The molecular formula is C33H35F2N7O4S. The number of thiophene rings is 1. The molecule has 1 amide bonds. The summed E-state index contributed by atoms with van der Waals surface area (Å²) in [6, 6.07) is 2.45. The molecule has 0 aliphatic carbocycles. The third-order valence-electron chi connectivity index (χ3n) is 9.00. The summed E-state index contributed by atoms with van der Waals surface area (Å²) in [5.41, 5.74) is 0.637. The Morgan fingerprint density at radius 1 is 1.21 bits per heavy atom. The average Bonchev–Trinajstić information content (AvgIpc) is 3.75. The zero-order chi connectivity index (χ0) is 33.2. The van der Waals surface area contributed by atoms with Crippen molar-refractivity contribution in [2.75, 3.05) is 29.9 Å². The van der Waals surface area contributed by atoms with Crippen LogP contribution in [0.5, 0.6) is 0 Å². The van der Waals surface area contributed by atoms with Gasteiger partial charge in [0.2, 0.25) is 5.95 Å². The molecule has 3 aliphatic heterocycles. The van der Waals surface area contributed by atoms with Crippen LogP contribution in [0.4, 0.5) is 24.5 Å². The van der Waals surface area contributed by atoms with Gasteiger partial charge in [-0.05, 0) is 64.6 Å². The first-order valence-corrected chi connectivity index (χ1v) is 16.5. The molecule has 4 aromatic rings. The molecule has 2 saturated heterocycles. The van der Waals surface area contributed by atoms with Crippen LogP contribution in [0.2, 0.25) is 0 Å². The number of carbonyl (C=O) groups is 1. The Morgan fingerprint density at radius 2 is 2.00 bits per heavy atom. The van der Waals surface area contributed by atoms with Gasteiger partial charge in [-0.15, -0.1) is 11.3 Å². The van der Waals surface area contributed by atoms with Gasteiger partial charge in [-0.3, -0.25) is 15.2 Å². The van der Waals surface area contributed by atoms with Crippen LogP contribution in [0.25, 0.3) is 32.2 Å². The van der Waals surface area contributed by atoms with Gasteiger partial charge in [0, 0.05) is 47.7 Å². The first kappa shape index (κ1) is 31.6. The number of fused-ring (bicyclic) bond motifs is 5. The number of likely N-dealkylation sites (tertiary alicyclic amines) is 1. The number of β-amino-alcohol motifs (C(OH)–C–C–N with tert-alkyl or cyclic N) is 1. The predicted molar refractivity (Wildman–Crippen MR) is 173 cm³/mol. The van der Waals surface area contributed by atoms with Crippen LogP contribution in [0.15, 0.2) is 12.4 Å². The number of hydrogen-bond donors (Lipinski definition) is 2. The largest absolute Gasteiger partial charge is 0.444 e. The second-order valence-electron chi connectivity index (χ2n) is 13.4. The highest BCUT2D eigenvalue weighted by Crippen LogP contribution is 2.46. The highest BCUT2D eigenvalue weighted by Gasteiger charge is 2.42. The molecule has 3 aromatic heterocycles. The van der Waals surface area contributed by atoms with Crippen molar-refractivity contribution < 1.29 is 28.2 Å². The van der Waals surface area contributed by atoms with E-state index in [1.807, 2.05) is 0 Å². The smallest absolute Gasteiger partial charge is 0.412 e. The fraction of sp³-hybridized carbons (Fsp3) is 0.485. The van der Waals surface area contributed by atoms with Crippen molar-refractivity contribution in [1.82, 2.24) is 19.9 Å². The van der Waals surface area contributed by atoms with Crippen molar-refractivity contribution >= 4 is 49.4 Å². The van der Waals surface area contributed by atoms with Crippen LogP contribution in [0.1, 0.15) is 63.6 Å². The number of nitriles is 1. The lowest BCUT2D eigenvalue weighted by Gasteiger charge is -2.40. The molecule has 11 nitrogen and oxygen atoms in total. The van der Waals surface area contributed by atoms with Crippen LogP contribution in [-0.2, 0) is 22.7 Å². The number of nitrogens with one attached hydrogen (secondary N) is 1. The highest BCUT2D eigenvalue weighted by molar-refractivity contribution is 7.23. The number of pyridine rings is 1. The molecule has 1 aromatic carbocycles. The molecule has 47 heavy (non-hydrogen) atoms. The number of rotatable bonds is 5. The molecule has 2 unspecified atom stereocenters. The molecule has 0 saturated carbocycles. The minimum absolute atomic E-state index is 0.0458. The molecule has 14 heteroatoms. The van der Waals surface area contributed by atoms with Crippen LogP contribution in [0, 0.1) is 23.0 Å². The second kappa shape index (κ2) is 11.9. The Bertz CT molecular complexity index is 1950. The van der Waals surface area contributed by atoms with E-state index in [2.05, 4.69) is 26.2 Å². The van der Waals surface area contributed by atoms with E-state index in [4.69, 9.17) is 19.4 Å². The SMILES string of the molecule is C[C@@H](O)CN1CCCC2C1CCN2c1ncc2c3c(c(-c4ncc(F)c5sc(NC(=O)OC(C)(C)C)c(C#N)c45)c(F)c2n1)COC3. The standard InChI is InChI=1S/C33H35F2N7O4S/c1-16(43)13-41-8-5-6-23-22(41)7-9-42(23)31-38-11-18-19-14-45-15-20(19)24(26(35)27(18)39-31)28-25-17(10-36)30(40-32(44)46-33(2,3)4)47-29(25)21(34)12-37-28/h11-12,16,22-23,43H,5-9,13-15H2,1-4H3,(H,40,44)/t16-,22?,23?/m1/s1. The normalized spacial score (nSPS) is 20.3. The quantitative estimate of drug-likeness (QED) is 0.267. The Morgan fingerprint density at radius 3 is 2.74 bits per heavy atom. The average molecular weight is 664 g/mol. The highest BCUT2D eigenvalue weighted by atomic mass is 32.1. The van der Waals surface area contributed by atoms with Crippen molar-refractivity contribution in [2.45, 2.75) is 84.0 Å². The summed E-state index contributed by atoms with van der Waals surface area (Å²) in [6.45, 7) is 9.41. The summed E-state index contributed by atoms with van der Waals surface area (Å²) in [5.74, 6) is -0.955. The molecule has 3 atom stereocenters. The monoisotopic (exact) mass is 663 g/mol. The number of anilines is 2. The third kappa shape index (κ3) is 5.54. The zero-order valence-corrected chi connectivity index (χ0v) is 27.4. The zero-order valence-electron chi connectivity index (χ0n) is 26.6. The van der Waals surface area contributed by atoms with Crippen LogP contribution in [0.3, 0.4) is 0 Å². The van der Waals surface area contributed by atoms with E-state index in [1.165, 1.54) is 0 Å². The molecule has 7 rings (SSSR count). The van der Waals surface area contributed by atoms with Crippen molar-refractivity contribution in [3.05, 3.63) is 40.7 Å². The van der Waals surface area contributed by atoms with E-state index >= 15 is 8.78 Å². The number of aliphatic hydroxyl groups excluding tert-OH is 1. The van der Waals surface area contributed by atoms with E-state index in [1.54, 1.807) is 33.9 Å². The minimum Gasteiger partial charge on any atom is -0.444 e. The van der Waals surface area contributed by atoms with E-state index in [-0.39, 0.29) is 62.7 Å². The maximum Gasteiger partial charge on any atom is 0.412 e. The molecule has 0 bridgehead atoms. The van der Waals surface area contributed by atoms with Crippen LogP contribution in [-0.4, -0.2) is 74.5 Å². The van der Waals surface area contributed by atoms with Crippen molar-refractivity contribution in [3.8, 4) is 17.3 Å². The summed E-state index contributed by atoms with van der Waals surface area (Å²) in [7, 11) is 0. The lowest BCUT2D eigenvalue weighted by Crippen LogP contribution is -2.51. The third-order valence-corrected chi connectivity index (χ3v) is 10.1. The van der Waals surface area contributed by atoms with Crippen molar-refractivity contribution in [1.29, 1.82) is 5.26 Å². The number of nitrogens with zero attached hydrogens (tertiary/aromatic N) is 6. The number of aliphatic hydroxyl groups is 1. The molecule has 6 heterocycles. The van der Waals surface area contributed by atoms with Gasteiger partial charge in [-0.2, -0.15) is 5.26 Å². The van der Waals surface area contributed by atoms with Gasteiger partial charge < -0.3 is 19.5 Å². The van der Waals surface area contributed by atoms with Crippen LogP contribution < -0.4 is 10.2 Å². The van der Waals surface area contributed by atoms with Gasteiger partial charge >= 0.3 is 6.09 Å². The topological polar surface area (TPSA) is 137 Å². The lowest BCUT2D eigenvalue weighted by molar-refractivity contribution is 0.0636. The fourth-order valence-electron chi connectivity index (χ4n) is 7.23. The maximum atomic E-state index is 17.0. The molecular weight excluding hydrogens is 628 g/mol. The fourth-order valence-corrected chi connectivity index (χ4v) is 8.27. The molecule has 0 spiro atoms. The molecule has 246 valence electrons. The predicted octanol–water partition coefficient (Wildman–Crippen LogP) is 5.86. The number of benzene rings is 1. The Labute approximate surface area is 274 Å². The number of carbonyl (C=O) groups excluding carboxylic acids is 1. The number of halogens is 2. The lowest BCUT2D eigenvalue weighted by atomic mass is 9.94. The van der Waals surface area contributed by atoms with E-state index in [0.717, 1.165) is 43.3 Å². The van der Waals surface area contributed by atoms with Gasteiger partial charge in [0.05, 0.1) is 41.5 Å². The van der Waals surface area contributed by atoms with E-state index in [0.29, 0.717) is 35.6 Å². The van der Waals surface area contributed by atoms with Crippen molar-refractivity contribution in [3.63, 3.8) is 0 Å². The Hall–Kier alpha value is -4.03. The Kier molecular flexibility index (Phi) is 7.99. The summed E-state index contributed by atoms with van der Waals surface area (Å²) >= 11 is 0.859. The number of piperidine rings is 1. The summed E-state index contributed by atoms with van der Waals surface area (Å²) in [5, 5.41) is 23.5. The van der Waals surface area contributed by atoms with Crippen molar-refractivity contribution in [2.24, 2.45) is 0 Å². The summed E-state index contributed by atoms with van der Waals surface area (Å²) < 4.78 is 43.4. The van der Waals surface area contributed by atoms with Gasteiger partial charge in [-0.1, -0.05) is 0 Å². The van der Waals surface area contributed by atoms with Gasteiger partial charge in [0.1, 0.15) is 22.2 Å². The van der Waals surface area contributed by atoms with E-state index < -0.39 is 29.4 Å². The summed E-state index contributed by atoms with van der Waals surface area (Å²) in [6.07, 6.45) is 4.20. The summed E-state index contributed by atoms with van der Waals surface area (Å²) in [4.78, 5) is 30.9. The number of hydrogen-bond acceptors (Lipinski definition) is 11. The molecule has 2 fully saturated rings. The molecule has 2 N–H and O–H groups in total. The minimum atomic E-state index is -0.804. The molecule has 3 aliphatic rings. The second-order valence-corrected chi connectivity index (χ2v) is 14.4.